The number of aromatic carboxylic acids is 1. The Morgan fingerprint density at radius 3 is 2.43 bits per heavy atom. The molecule has 0 aliphatic carbocycles. The summed E-state index contributed by atoms with van der Waals surface area (Å²) >= 11 is 0. The highest BCUT2D eigenvalue weighted by Crippen LogP contribution is 2.54. The fraction of sp³-hybridized carbons (Fsp3) is 0.241. The zero-order valence-corrected chi connectivity index (χ0v) is 20.5. The Hall–Kier alpha value is -4.64. The van der Waals surface area contributed by atoms with Crippen LogP contribution in [0.2, 0.25) is 0 Å². The van der Waals surface area contributed by atoms with Crippen LogP contribution in [0.1, 0.15) is 76.1 Å². The molecule has 3 unspecified atom stereocenters. The molecule has 2 aromatic carbocycles. The lowest BCUT2D eigenvalue weighted by atomic mass is 9.92. The molecule has 3 atom stereocenters. The third-order valence-electron chi connectivity index (χ3n) is 7.52. The maximum atomic E-state index is 13.6. The van der Waals surface area contributed by atoms with E-state index in [4.69, 9.17) is 4.98 Å². The van der Waals surface area contributed by atoms with Crippen LogP contribution < -0.4 is 15.8 Å². The fourth-order valence-corrected chi connectivity index (χ4v) is 5.94. The summed E-state index contributed by atoms with van der Waals surface area (Å²) < 4.78 is 1.44. The van der Waals surface area contributed by atoms with Crippen LogP contribution in [0.3, 0.4) is 0 Å². The Kier molecular flexibility index (Phi) is 5.23. The van der Waals surface area contributed by atoms with E-state index in [-0.39, 0.29) is 29.3 Å². The molecule has 1 saturated heterocycles. The van der Waals surface area contributed by atoms with Crippen LogP contribution in [0, 0.1) is 18.3 Å². The van der Waals surface area contributed by atoms with E-state index in [1.165, 1.54) is 15.5 Å². The number of carbonyl (C=O) groups is 1. The number of benzene rings is 2. The molecule has 2 aliphatic rings. The molecule has 2 aliphatic heterocycles. The van der Waals surface area contributed by atoms with Crippen LogP contribution in [0.25, 0.3) is 5.65 Å². The number of rotatable bonds is 5. The van der Waals surface area contributed by atoms with E-state index < -0.39 is 11.5 Å². The maximum Gasteiger partial charge on any atom is 0.337 e. The number of para-hydroxylation sites is 1. The number of anilines is 2. The largest absolute Gasteiger partial charge is 0.478 e. The SMILES string of the molecule is Cc1cc(C(C)Nc2ccccc2C(=O)O)c2nc(N3C4CCC3c3ccccc34)c(C#N)c(=O)n2c1. The average molecular weight is 492 g/mol. The second-order valence-electron chi connectivity index (χ2n) is 9.76. The van der Waals surface area contributed by atoms with Crippen molar-refractivity contribution < 1.29 is 9.90 Å². The normalized spacial score (nSPS) is 18.5. The Balaban J connectivity index is 1.51. The van der Waals surface area contributed by atoms with Gasteiger partial charge in [0.1, 0.15) is 11.7 Å². The average Bonchev–Trinajstić information content (AvgIpc) is 3.46. The minimum absolute atomic E-state index is 0.0376. The predicted octanol–water partition coefficient (Wildman–Crippen LogP) is 5.14. The van der Waals surface area contributed by atoms with Crippen molar-refractivity contribution in [1.29, 1.82) is 5.26 Å². The van der Waals surface area contributed by atoms with Crippen molar-refractivity contribution in [3.05, 3.63) is 105 Å². The number of pyridine rings is 1. The van der Waals surface area contributed by atoms with E-state index in [0.29, 0.717) is 17.2 Å². The fourth-order valence-electron chi connectivity index (χ4n) is 5.94. The molecule has 4 aromatic rings. The van der Waals surface area contributed by atoms with Gasteiger partial charge in [-0.3, -0.25) is 9.20 Å². The number of aryl methyl sites for hydroxylation is 1. The molecule has 37 heavy (non-hydrogen) atoms. The van der Waals surface area contributed by atoms with Crippen LogP contribution in [0.5, 0.6) is 0 Å². The second kappa shape index (κ2) is 8.49. The van der Waals surface area contributed by atoms with Gasteiger partial charge in [0.05, 0.1) is 23.7 Å². The number of nitrogens with one attached hydrogen (secondary N) is 1. The highest BCUT2D eigenvalue weighted by molar-refractivity contribution is 5.94. The molecule has 2 N–H and O–H groups in total. The molecule has 4 heterocycles. The van der Waals surface area contributed by atoms with Gasteiger partial charge in [-0.15, -0.1) is 0 Å². The van der Waals surface area contributed by atoms with Crippen molar-refractivity contribution in [2.45, 2.75) is 44.8 Å². The van der Waals surface area contributed by atoms with Gasteiger partial charge in [0.2, 0.25) is 0 Å². The summed E-state index contributed by atoms with van der Waals surface area (Å²) in [6, 6.07) is 18.9. The van der Waals surface area contributed by atoms with Gasteiger partial charge in [0.15, 0.2) is 11.4 Å². The number of nitriles is 1. The Bertz CT molecular complexity index is 1650. The molecule has 184 valence electrons. The first-order valence-electron chi connectivity index (χ1n) is 12.3. The van der Waals surface area contributed by atoms with Gasteiger partial charge in [-0.25, -0.2) is 9.78 Å². The van der Waals surface area contributed by atoms with Gasteiger partial charge in [0, 0.05) is 17.4 Å². The minimum Gasteiger partial charge on any atom is -0.478 e. The lowest BCUT2D eigenvalue weighted by molar-refractivity contribution is 0.0698. The number of carboxylic acid groups (broad SMARTS) is 1. The number of hydrogen-bond acceptors (Lipinski definition) is 6. The molecule has 0 radical (unpaired) electrons. The third kappa shape index (κ3) is 3.46. The van der Waals surface area contributed by atoms with Crippen LogP contribution in [-0.4, -0.2) is 20.5 Å². The number of aromatic nitrogens is 2. The molecular weight excluding hydrogens is 466 g/mol. The highest BCUT2D eigenvalue weighted by atomic mass is 16.4. The van der Waals surface area contributed by atoms with E-state index in [1.54, 1.807) is 30.5 Å². The number of nitrogens with zero attached hydrogens (tertiary/aromatic N) is 4. The molecule has 8 nitrogen and oxygen atoms in total. The molecule has 2 aromatic heterocycles. The summed E-state index contributed by atoms with van der Waals surface area (Å²) in [6.07, 6.45) is 3.58. The van der Waals surface area contributed by atoms with Gasteiger partial charge >= 0.3 is 5.97 Å². The number of carboxylic acids is 1. The van der Waals surface area contributed by atoms with Crippen molar-refractivity contribution in [3.8, 4) is 6.07 Å². The van der Waals surface area contributed by atoms with Crippen LogP contribution in [0.4, 0.5) is 11.5 Å². The monoisotopic (exact) mass is 491 g/mol. The lowest BCUT2D eigenvalue weighted by Crippen LogP contribution is -2.28. The Morgan fingerprint density at radius 2 is 1.78 bits per heavy atom. The topological polar surface area (TPSA) is 111 Å². The first kappa shape index (κ1) is 22.8. The van der Waals surface area contributed by atoms with Gasteiger partial charge < -0.3 is 15.3 Å². The van der Waals surface area contributed by atoms with Crippen molar-refractivity contribution in [3.63, 3.8) is 0 Å². The quantitative estimate of drug-likeness (QED) is 0.398. The van der Waals surface area contributed by atoms with Gasteiger partial charge in [-0.05, 0) is 61.6 Å². The summed E-state index contributed by atoms with van der Waals surface area (Å²) in [5, 5.41) is 23.0. The molecule has 8 heteroatoms. The zero-order valence-electron chi connectivity index (χ0n) is 20.5. The molecule has 0 amide bonds. The third-order valence-corrected chi connectivity index (χ3v) is 7.52. The summed E-state index contributed by atoms with van der Waals surface area (Å²) in [6.45, 7) is 3.79. The lowest BCUT2D eigenvalue weighted by Gasteiger charge is -2.26. The minimum atomic E-state index is -1.02. The van der Waals surface area contributed by atoms with E-state index in [9.17, 15) is 20.0 Å². The van der Waals surface area contributed by atoms with Crippen LogP contribution in [0.15, 0.2) is 65.6 Å². The van der Waals surface area contributed by atoms with Crippen molar-refractivity contribution in [2.75, 3.05) is 10.2 Å². The van der Waals surface area contributed by atoms with E-state index in [1.807, 2.05) is 32.0 Å². The van der Waals surface area contributed by atoms with Gasteiger partial charge in [-0.1, -0.05) is 36.4 Å². The summed E-state index contributed by atoms with van der Waals surface area (Å²) in [5.41, 5.74) is 4.76. The number of hydrogen-bond donors (Lipinski definition) is 2. The zero-order chi connectivity index (χ0) is 25.8. The molecule has 0 spiro atoms. The molecular formula is C29H25N5O3. The van der Waals surface area contributed by atoms with Crippen LogP contribution >= 0.6 is 0 Å². The van der Waals surface area contributed by atoms with Crippen molar-refractivity contribution >= 4 is 23.1 Å². The first-order valence-corrected chi connectivity index (χ1v) is 12.3. The van der Waals surface area contributed by atoms with Gasteiger partial charge in [0.25, 0.3) is 5.56 Å². The van der Waals surface area contributed by atoms with Crippen molar-refractivity contribution in [1.82, 2.24) is 9.38 Å². The Morgan fingerprint density at radius 1 is 1.14 bits per heavy atom. The van der Waals surface area contributed by atoms with Crippen molar-refractivity contribution in [2.24, 2.45) is 0 Å². The van der Waals surface area contributed by atoms with E-state index >= 15 is 0 Å². The molecule has 2 bridgehead atoms. The smallest absolute Gasteiger partial charge is 0.337 e. The summed E-state index contributed by atoms with van der Waals surface area (Å²) in [5.74, 6) is -0.608. The number of fused-ring (bicyclic) bond motifs is 6. The standard InChI is InChI=1S/C29H25N5O3/c1-16-13-21(17(2)31-23-10-6-5-9-20(23)29(36)37)26-32-27(22(14-30)28(35)33(26)15-16)34-24-11-12-25(34)19-8-4-3-7-18(19)24/h3-10,13,15,17,24-25,31H,11-12H2,1-2H3,(H,36,37). The predicted molar refractivity (Wildman–Crippen MR) is 140 cm³/mol. The molecule has 0 saturated carbocycles. The Labute approximate surface area is 213 Å². The molecule has 6 rings (SSSR count). The van der Waals surface area contributed by atoms with Gasteiger partial charge in [-0.2, -0.15) is 5.26 Å². The van der Waals surface area contributed by atoms with Crippen LogP contribution in [-0.2, 0) is 0 Å². The summed E-state index contributed by atoms with van der Waals surface area (Å²) in [4.78, 5) is 32.5. The molecule has 1 fully saturated rings. The second-order valence-corrected chi connectivity index (χ2v) is 9.76. The maximum absolute atomic E-state index is 13.6. The highest BCUT2D eigenvalue weighted by Gasteiger charge is 2.45. The van der Waals surface area contributed by atoms with E-state index in [0.717, 1.165) is 24.0 Å². The first-order chi connectivity index (χ1) is 17.9. The summed E-state index contributed by atoms with van der Waals surface area (Å²) in [7, 11) is 0. The van der Waals surface area contributed by atoms with E-state index in [2.05, 4.69) is 28.4 Å².